The highest BCUT2D eigenvalue weighted by molar-refractivity contribution is 6.30. The van der Waals surface area contributed by atoms with Crippen LogP contribution in [0.2, 0.25) is 5.02 Å². The fraction of sp³-hybridized carbons (Fsp3) is 0.333. The van der Waals surface area contributed by atoms with Crippen LogP contribution in [0, 0.1) is 0 Å². The normalized spacial score (nSPS) is 13.9. The van der Waals surface area contributed by atoms with Gasteiger partial charge in [-0.25, -0.2) is 0 Å². The molecule has 0 aliphatic carbocycles. The van der Waals surface area contributed by atoms with Crippen LogP contribution in [0.5, 0.6) is 0 Å². The number of halogens is 1. The van der Waals surface area contributed by atoms with Crippen molar-refractivity contribution >= 4 is 23.8 Å². The van der Waals surface area contributed by atoms with Crippen molar-refractivity contribution in [2.24, 2.45) is 0 Å². The van der Waals surface area contributed by atoms with Gasteiger partial charge in [0.05, 0.1) is 0 Å². The number of nitrogens with one attached hydrogen (secondary N) is 1. The molecule has 1 aromatic carbocycles. The first-order valence-electron chi connectivity index (χ1n) is 4.88. The van der Waals surface area contributed by atoms with E-state index in [-0.39, 0.29) is 5.91 Å². The first-order valence-corrected chi connectivity index (χ1v) is 5.25. The fourth-order valence-electron chi connectivity index (χ4n) is 1.50. The van der Waals surface area contributed by atoms with Crippen LogP contribution in [0.4, 0.5) is 0 Å². The molecule has 0 spiro atoms. The van der Waals surface area contributed by atoms with Crippen LogP contribution in [0.15, 0.2) is 24.3 Å². The van der Waals surface area contributed by atoms with Crippen LogP contribution in [0.25, 0.3) is 0 Å². The van der Waals surface area contributed by atoms with Crippen molar-refractivity contribution in [1.29, 1.82) is 0 Å². The quantitative estimate of drug-likeness (QED) is 0.871. The van der Waals surface area contributed by atoms with E-state index in [1.807, 2.05) is 18.4 Å². The van der Waals surface area contributed by atoms with Gasteiger partial charge in [0.15, 0.2) is 0 Å². The maximum Gasteiger partial charge on any atom is 0.226 e. The van der Waals surface area contributed by atoms with Crippen molar-refractivity contribution in [3.63, 3.8) is 0 Å². The van der Waals surface area contributed by atoms with Gasteiger partial charge in [0.1, 0.15) is 5.54 Å². The van der Waals surface area contributed by atoms with Gasteiger partial charge in [-0.1, -0.05) is 23.7 Å². The molecule has 0 bridgehead atoms. The zero-order valence-corrected chi connectivity index (χ0v) is 9.97. The molecule has 1 atom stereocenters. The molecule has 0 aromatic heterocycles. The minimum absolute atomic E-state index is 0.250. The number of amides is 1. The lowest BCUT2D eigenvalue weighted by atomic mass is 9.94. The monoisotopic (exact) mass is 238 g/mol. The largest absolute Gasteiger partial charge is 0.343 e. The van der Waals surface area contributed by atoms with Gasteiger partial charge < -0.3 is 5.32 Å². The highest BCUT2D eigenvalue weighted by atomic mass is 35.5. The molecule has 0 saturated heterocycles. The van der Waals surface area contributed by atoms with Gasteiger partial charge >= 0.3 is 0 Å². The molecule has 0 heterocycles. The molecular weight excluding hydrogens is 226 g/mol. The van der Waals surface area contributed by atoms with E-state index in [9.17, 15) is 9.59 Å². The van der Waals surface area contributed by atoms with Crippen LogP contribution >= 0.6 is 11.6 Å². The zero-order valence-electron chi connectivity index (χ0n) is 9.21. The Bertz CT molecular complexity index is 389. The molecule has 16 heavy (non-hydrogen) atoms. The minimum Gasteiger partial charge on any atom is -0.343 e. The van der Waals surface area contributed by atoms with Gasteiger partial charge in [-0.2, -0.15) is 0 Å². The average molecular weight is 239 g/mol. The van der Waals surface area contributed by atoms with Crippen molar-refractivity contribution < 1.29 is 9.59 Å². The lowest BCUT2D eigenvalue weighted by molar-refractivity contribution is -0.120. The molecule has 0 aliphatic rings. The summed E-state index contributed by atoms with van der Waals surface area (Å²) < 4.78 is 0. The summed E-state index contributed by atoms with van der Waals surface area (Å²) in [6.07, 6.45) is 2.25. The second kappa shape index (κ2) is 5.12. The second-order valence-corrected chi connectivity index (χ2v) is 4.36. The maximum absolute atomic E-state index is 11.0. The van der Waals surface area contributed by atoms with E-state index in [2.05, 4.69) is 5.32 Å². The lowest BCUT2D eigenvalue weighted by Gasteiger charge is -2.23. The number of hydrogen-bond acceptors (Lipinski definition) is 2. The Kier molecular flexibility index (Phi) is 4.07. The number of rotatable bonds is 4. The fourth-order valence-corrected chi connectivity index (χ4v) is 1.63. The molecule has 85 valence electrons. The summed E-state index contributed by atoms with van der Waals surface area (Å²) in [4.78, 5) is 21.8. The molecule has 0 unspecified atom stereocenters. The summed E-state index contributed by atoms with van der Waals surface area (Å²) in [6.45, 7) is 3.01. The predicted molar refractivity (Wildman–Crippen MR) is 63.1 cm³/mol. The molecule has 1 radical (unpaired) electrons. The summed E-state index contributed by atoms with van der Waals surface area (Å²) in [7, 11) is 0. The summed E-state index contributed by atoms with van der Waals surface area (Å²) >= 11 is 5.75. The summed E-state index contributed by atoms with van der Waals surface area (Å²) in [5, 5.41) is 3.21. The highest BCUT2D eigenvalue weighted by Crippen LogP contribution is 2.14. The number of benzene rings is 1. The first kappa shape index (κ1) is 12.7. The molecule has 1 N–H and O–H groups in total. The Hall–Kier alpha value is -1.35. The topological polar surface area (TPSA) is 46.2 Å². The summed E-state index contributed by atoms with van der Waals surface area (Å²) in [5.74, 6) is -0.250. The van der Waals surface area contributed by atoms with Crippen LogP contribution in [0.3, 0.4) is 0 Å². The van der Waals surface area contributed by atoms with Gasteiger partial charge in [0, 0.05) is 18.4 Å². The van der Waals surface area contributed by atoms with Crippen molar-refractivity contribution in [3.8, 4) is 0 Å². The summed E-state index contributed by atoms with van der Waals surface area (Å²) in [6, 6.07) is 7.13. The molecule has 1 amide bonds. The van der Waals surface area contributed by atoms with Crippen molar-refractivity contribution in [1.82, 2.24) is 5.32 Å². The van der Waals surface area contributed by atoms with Crippen molar-refractivity contribution in [2.75, 3.05) is 0 Å². The van der Waals surface area contributed by atoms with Crippen molar-refractivity contribution in [2.45, 2.75) is 25.8 Å². The molecule has 1 rings (SSSR count). The van der Waals surface area contributed by atoms with Crippen LogP contribution in [-0.4, -0.2) is 17.7 Å². The van der Waals surface area contributed by atoms with Gasteiger partial charge in [0.25, 0.3) is 0 Å². The van der Waals surface area contributed by atoms with Gasteiger partial charge in [0.2, 0.25) is 12.2 Å². The molecule has 3 nitrogen and oxygen atoms in total. The number of carbonyl (C=O) groups excluding carboxylic acids is 2. The Balaban J connectivity index is 2.80. The Morgan fingerprint density at radius 2 is 2.00 bits per heavy atom. The molecular formula is C12H13ClNO2. The maximum atomic E-state index is 11.0. The number of hydrogen-bond donors (Lipinski definition) is 1. The number of carbonyl (C=O) groups is 1. The molecule has 0 saturated carbocycles. The third-order valence-electron chi connectivity index (χ3n) is 2.15. The van der Waals surface area contributed by atoms with E-state index < -0.39 is 5.54 Å². The van der Waals surface area contributed by atoms with E-state index in [0.717, 1.165) is 5.56 Å². The van der Waals surface area contributed by atoms with E-state index in [1.54, 1.807) is 19.1 Å². The first-order chi connectivity index (χ1) is 7.45. The molecule has 4 heteroatoms. The average Bonchev–Trinajstić information content (AvgIpc) is 2.20. The van der Waals surface area contributed by atoms with Gasteiger partial charge in [-0.05, 0) is 24.6 Å². The SMILES string of the molecule is CC(=O)N[C@](C)([C]=O)Cc1ccc(Cl)cc1. The molecule has 0 fully saturated rings. The summed E-state index contributed by atoms with van der Waals surface area (Å²) in [5.41, 5.74) is -0.0661. The lowest BCUT2D eigenvalue weighted by Crippen LogP contribution is -2.48. The molecule has 0 aliphatic heterocycles. The minimum atomic E-state index is -0.986. The molecule has 1 aromatic rings. The van der Waals surface area contributed by atoms with Gasteiger partial charge in [-0.15, -0.1) is 0 Å². The Morgan fingerprint density at radius 1 is 1.44 bits per heavy atom. The second-order valence-electron chi connectivity index (χ2n) is 3.92. The smallest absolute Gasteiger partial charge is 0.226 e. The van der Waals surface area contributed by atoms with Crippen LogP contribution < -0.4 is 5.32 Å². The Labute approximate surface area is 99.8 Å². The van der Waals surface area contributed by atoms with E-state index in [1.165, 1.54) is 6.92 Å². The highest BCUT2D eigenvalue weighted by Gasteiger charge is 2.25. The standard InChI is InChI=1S/C12H13ClNO2/c1-9(16)14-12(2,8-15)7-10-3-5-11(13)6-4-10/h3-6H,7H2,1-2H3,(H,14,16)/t12-/m0/s1. The third-order valence-corrected chi connectivity index (χ3v) is 2.40. The van der Waals surface area contributed by atoms with Crippen LogP contribution in [0.1, 0.15) is 19.4 Å². The Morgan fingerprint density at radius 3 is 2.44 bits per heavy atom. The van der Waals surface area contributed by atoms with E-state index in [0.29, 0.717) is 11.4 Å². The van der Waals surface area contributed by atoms with E-state index in [4.69, 9.17) is 11.6 Å². The van der Waals surface area contributed by atoms with E-state index >= 15 is 0 Å². The van der Waals surface area contributed by atoms with Gasteiger partial charge in [-0.3, -0.25) is 9.59 Å². The van der Waals surface area contributed by atoms with Crippen LogP contribution in [-0.2, 0) is 16.0 Å². The zero-order chi connectivity index (χ0) is 12.2. The third kappa shape index (κ3) is 3.66. The predicted octanol–water partition coefficient (Wildman–Crippen LogP) is 1.89. The van der Waals surface area contributed by atoms with Crippen molar-refractivity contribution in [3.05, 3.63) is 34.9 Å².